The average molecular weight is 426 g/mol. The first-order valence-corrected chi connectivity index (χ1v) is 10.3. The predicted molar refractivity (Wildman–Crippen MR) is 116 cm³/mol. The predicted octanol–water partition coefficient (Wildman–Crippen LogP) is 2.79. The molecule has 1 aromatic heterocycles. The SMILES string of the molecule is COc1cccc(NC(=O)CSc2nnc(CNC(=O)c3ccccc3C)n2C)c1. The molecule has 3 rings (SSSR count). The summed E-state index contributed by atoms with van der Waals surface area (Å²) in [5, 5.41) is 14.5. The molecule has 2 amide bonds. The smallest absolute Gasteiger partial charge is 0.251 e. The molecule has 0 saturated heterocycles. The minimum Gasteiger partial charge on any atom is -0.497 e. The van der Waals surface area contributed by atoms with Crippen molar-refractivity contribution in [2.45, 2.75) is 18.6 Å². The lowest BCUT2D eigenvalue weighted by Gasteiger charge is -2.08. The number of nitrogens with one attached hydrogen (secondary N) is 2. The van der Waals surface area contributed by atoms with Gasteiger partial charge in [-0.05, 0) is 30.7 Å². The number of methoxy groups -OCH3 is 1. The number of anilines is 1. The van der Waals surface area contributed by atoms with Crippen LogP contribution in [0.15, 0.2) is 53.7 Å². The van der Waals surface area contributed by atoms with Crippen LogP contribution < -0.4 is 15.4 Å². The van der Waals surface area contributed by atoms with Gasteiger partial charge in [0.25, 0.3) is 5.91 Å². The molecule has 0 saturated carbocycles. The lowest BCUT2D eigenvalue weighted by molar-refractivity contribution is -0.113. The molecule has 2 N–H and O–H groups in total. The number of carbonyl (C=O) groups is 2. The number of aryl methyl sites for hydroxylation is 1. The summed E-state index contributed by atoms with van der Waals surface area (Å²) in [5.74, 6) is 1.13. The molecule has 0 spiro atoms. The largest absolute Gasteiger partial charge is 0.497 e. The third-order valence-electron chi connectivity index (χ3n) is 4.41. The number of thioether (sulfide) groups is 1. The molecule has 8 nitrogen and oxygen atoms in total. The fourth-order valence-corrected chi connectivity index (χ4v) is 3.46. The molecule has 9 heteroatoms. The zero-order chi connectivity index (χ0) is 21.5. The summed E-state index contributed by atoms with van der Waals surface area (Å²) in [6, 6.07) is 14.6. The van der Waals surface area contributed by atoms with Crippen molar-refractivity contribution in [1.82, 2.24) is 20.1 Å². The van der Waals surface area contributed by atoms with Crippen molar-refractivity contribution in [2.75, 3.05) is 18.2 Å². The van der Waals surface area contributed by atoms with Crippen molar-refractivity contribution >= 4 is 29.3 Å². The Balaban J connectivity index is 1.53. The Bertz CT molecular complexity index is 1050. The van der Waals surface area contributed by atoms with Crippen molar-refractivity contribution in [2.24, 2.45) is 7.05 Å². The molecule has 0 aliphatic rings. The van der Waals surface area contributed by atoms with Crippen LogP contribution in [-0.4, -0.2) is 39.4 Å². The third kappa shape index (κ3) is 5.38. The van der Waals surface area contributed by atoms with Crippen molar-refractivity contribution in [1.29, 1.82) is 0 Å². The first kappa shape index (κ1) is 21.4. The summed E-state index contributed by atoms with van der Waals surface area (Å²) >= 11 is 1.27. The summed E-state index contributed by atoms with van der Waals surface area (Å²) in [4.78, 5) is 24.6. The zero-order valence-electron chi connectivity index (χ0n) is 17.0. The maximum absolute atomic E-state index is 12.4. The highest BCUT2D eigenvalue weighted by Gasteiger charge is 2.14. The molecule has 1 heterocycles. The van der Waals surface area contributed by atoms with Gasteiger partial charge in [-0.2, -0.15) is 0 Å². The van der Waals surface area contributed by atoms with Gasteiger partial charge < -0.3 is 19.9 Å². The van der Waals surface area contributed by atoms with E-state index in [1.165, 1.54) is 11.8 Å². The minimum absolute atomic E-state index is 0.161. The van der Waals surface area contributed by atoms with Gasteiger partial charge in [-0.25, -0.2) is 0 Å². The van der Waals surface area contributed by atoms with Gasteiger partial charge in [0.2, 0.25) is 5.91 Å². The van der Waals surface area contributed by atoms with E-state index in [-0.39, 0.29) is 24.1 Å². The Hall–Kier alpha value is -3.33. The summed E-state index contributed by atoms with van der Waals surface area (Å²) in [6.45, 7) is 2.13. The molecule has 30 heavy (non-hydrogen) atoms. The Labute approximate surface area is 179 Å². The van der Waals surface area contributed by atoms with E-state index in [4.69, 9.17) is 4.74 Å². The van der Waals surface area contributed by atoms with Gasteiger partial charge in [0.05, 0.1) is 19.4 Å². The van der Waals surface area contributed by atoms with E-state index in [0.717, 1.165) is 5.56 Å². The standard InChI is InChI=1S/C21H23N5O3S/c1-14-7-4-5-10-17(14)20(28)22-12-18-24-25-21(26(18)2)30-13-19(27)23-15-8-6-9-16(11-15)29-3/h4-11H,12-13H2,1-3H3,(H,22,28)(H,23,27). The second-order valence-electron chi connectivity index (χ2n) is 6.52. The van der Waals surface area contributed by atoms with Crippen LogP contribution in [0.5, 0.6) is 5.75 Å². The van der Waals surface area contributed by atoms with E-state index in [9.17, 15) is 9.59 Å². The monoisotopic (exact) mass is 425 g/mol. The van der Waals surface area contributed by atoms with Gasteiger partial charge in [-0.1, -0.05) is 36.0 Å². The number of nitrogens with zero attached hydrogens (tertiary/aromatic N) is 3. The third-order valence-corrected chi connectivity index (χ3v) is 5.43. The van der Waals surface area contributed by atoms with Crippen molar-refractivity contribution in [3.63, 3.8) is 0 Å². The van der Waals surface area contributed by atoms with E-state index in [2.05, 4.69) is 20.8 Å². The molecule has 0 aliphatic carbocycles. The van der Waals surface area contributed by atoms with Crippen LogP contribution in [0.1, 0.15) is 21.7 Å². The van der Waals surface area contributed by atoms with E-state index < -0.39 is 0 Å². The van der Waals surface area contributed by atoms with Gasteiger partial charge in [0, 0.05) is 24.4 Å². The van der Waals surface area contributed by atoms with Crippen molar-refractivity contribution in [3.05, 3.63) is 65.5 Å². The summed E-state index contributed by atoms with van der Waals surface area (Å²) in [7, 11) is 3.38. The van der Waals surface area contributed by atoms with E-state index in [0.29, 0.717) is 28.0 Å². The van der Waals surface area contributed by atoms with Crippen LogP contribution in [0.4, 0.5) is 5.69 Å². The number of carbonyl (C=O) groups excluding carboxylic acids is 2. The molecule has 0 atom stereocenters. The highest BCUT2D eigenvalue weighted by atomic mass is 32.2. The number of aromatic nitrogens is 3. The summed E-state index contributed by atoms with van der Waals surface area (Å²) < 4.78 is 6.92. The fraction of sp³-hybridized carbons (Fsp3) is 0.238. The molecule has 0 radical (unpaired) electrons. The molecule has 0 unspecified atom stereocenters. The highest BCUT2D eigenvalue weighted by Crippen LogP contribution is 2.19. The van der Waals surface area contributed by atoms with Gasteiger partial charge in [-0.15, -0.1) is 10.2 Å². The number of rotatable bonds is 8. The quantitative estimate of drug-likeness (QED) is 0.539. The molecule has 156 valence electrons. The Morgan fingerprint density at radius 1 is 1.13 bits per heavy atom. The second-order valence-corrected chi connectivity index (χ2v) is 7.47. The van der Waals surface area contributed by atoms with Crippen LogP contribution in [0.2, 0.25) is 0 Å². The van der Waals surface area contributed by atoms with Crippen LogP contribution in [0.25, 0.3) is 0 Å². The molecular formula is C21H23N5O3S. The molecule has 0 aliphatic heterocycles. The van der Waals surface area contributed by atoms with Crippen LogP contribution in [-0.2, 0) is 18.4 Å². The van der Waals surface area contributed by atoms with Gasteiger partial charge >= 0.3 is 0 Å². The van der Waals surface area contributed by atoms with Crippen LogP contribution in [0.3, 0.4) is 0 Å². The number of hydrogen-bond donors (Lipinski definition) is 2. The Kier molecular flexibility index (Phi) is 7.08. The average Bonchev–Trinajstić information content (AvgIpc) is 3.10. The molecule has 0 bridgehead atoms. The van der Waals surface area contributed by atoms with Gasteiger partial charge in [0.15, 0.2) is 11.0 Å². The molecular weight excluding hydrogens is 402 g/mol. The van der Waals surface area contributed by atoms with E-state index >= 15 is 0 Å². The first-order valence-electron chi connectivity index (χ1n) is 9.26. The molecule has 3 aromatic rings. The van der Waals surface area contributed by atoms with E-state index in [1.807, 2.05) is 37.3 Å². The zero-order valence-corrected chi connectivity index (χ0v) is 17.8. The van der Waals surface area contributed by atoms with Gasteiger partial charge in [-0.3, -0.25) is 9.59 Å². The first-order chi connectivity index (χ1) is 14.5. The summed E-state index contributed by atoms with van der Waals surface area (Å²) in [5.41, 5.74) is 2.20. The number of hydrogen-bond acceptors (Lipinski definition) is 6. The maximum Gasteiger partial charge on any atom is 0.251 e. The number of ether oxygens (including phenoxy) is 1. The molecule has 0 fully saturated rings. The number of amides is 2. The lowest BCUT2D eigenvalue weighted by atomic mass is 10.1. The number of benzene rings is 2. The minimum atomic E-state index is -0.164. The second kappa shape index (κ2) is 9.93. The fourth-order valence-electron chi connectivity index (χ4n) is 2.73. The summed E-state index contributed by atoms with van der Waals surface area (Å²) in [6.07, 6.45) is 0. The lowest BCUT2D eigenvalue weighted by Crippen LogP contribution is -2.25. The molecule has 2 aromatic carbocycles. The van der Waals surface area contributed by atoms with Crippen LogP contribution in [0, 0.1) is 6.92 Å². The Morgan fingerprint density at radius 3 is 2.70 bits per heavy atom. The normalized spacial score (nSPS) is 10.5. The van der Waals surface area contributed by atoms with Crippen LogP contribution >= 0.6 is 11.8 Å². The van der Waals surface area contributed by atoms with Crippen molar-refractivity contribution < 1.29 is 14.3 Å². The Morgan fingerprint density at radius 2 is 1.93 bits per heavy atom. The van der Waals surface area contributed by atoms with E-state index in [1.54, 1.807) is 36.9 Å². The maximum atomic E-state index is 12.4. The highest BCUT2D eigenvalue weighted by molar-refractivity contribution is 7.99. The van der Waals surface area contributed by atoms with Gasteiger partial charge in [0.1, 0.15) is 5.75 Å². The van der Waals surface area contributed by atoms with Crippen molar-refractivity contribution in [3.8, 4) is 5.75 Å². The topological polar surface area (TPSA) is 98.1 Å².